The number of carboxylic acid groups (broad SMARTS) is 1. The van der Waals surface area contributed by atoms with Crippen molar-refractivity contribution in [3.8, 4) is 0 Å². The average Bonchev–Trinajstić information content (AvgIpc) is 2.72. The Labute approximate surface area is 136 Å². The van der Waals surface area contributed by atoms with Gasteiger partial charge in [0.2, 0.25) is 5.91 Å². The van der Waals surface area contributed by atoms with Crippen LogP contribution in [0.15, 0.2) is 28.7 Å². The molecule has 0 saturated heterocycles. The third kappa shape index (κ3) is 3.86. The van der Waals surface area contributed by atoms with Crippen molar-refractivity contribution in [1.82, 2.24) is 9.88 Å². The Bertz CT molecular complexity index is 696. The topological polar surface area (TPSA) is 80.6 Å². The minimum atomic E-state index is -1.02. The predicted octanol–water partition coefficient (Wildman–Crippen LogP) is 1.93. The molecule has 0 aliphatic heterocycles. The van der Waals surface area contributed by atoms with Crippen LogP contribution in [0, 0.1) is 6.92 Å². The number of carbonyl (C=O) groups is 2. The zero-order valence-corrected chi connectivity index (χ0v) is 13.7. The first-order valence-corrected chi connectivity index (χ1v) is 7.59. The van der Waals surface area contributed by atoms with Gasteiger partial charge in [0.1, 0.15) is 13.2 Å². The maximum atomic E-state index is 12.0. The number of para-hydroxylation sites is 1. The van der Waals surface area contributed by atoms with Gasteiger partial charge >= 0.3 is 5.97 Å². The minimum absolute atomic E-state index is 0.143. The summed E-state index contributed by atoms with van der Waals surface area (Å²) in [4.78, 5) is 22.3. The Hall–Kier alpha value is -1.86. The number of nitrogens with zero attached hydrogens (tertiary/aromatic N) is 1. The molecule has 1 amide bonds. The van der Waals surface area contributed by atoms with Gasteiger partial charge in [-0.05, 0) is 28.9 Å². The van der Waals surface area contributed by atoms with Crippen LogP contribution in [0.2, 0.25) is 0 Å². The number of rotatable bonds is 7. The van der Waals surface area contributed by atoms with Crippen LogP contribution < -0.4 is 5.32 Å². The predicted molar refractivity (Wildman–Crippen MR) is 85.8 cm³/mol. The van der Waals surface area contributed by atoms with E-state index in [4.69, 9.17) is 9.84 Å². The van der Waals surface area contributed by atoms with Crippen molar-refractivity contribution < 1.29 is 19.4 Å². The summed E-state index contributed by atoms with van der Waals surface area (Å²) in [6, 6.07) is 7.86. The molecule has 0 aliphatic carbocycles. The third-order valence-electron chi connectivity index (χ3n) is 3.25. The van der Waals surface area contributed by atoms with E-state index in [1.54, 1.807) is 0 Å². The van der Waals surface area contributed by atoms with Crippen LogP contribution in [0.1, 0.15) is 5.69 Å². The number of fused-ring (bicyclic) bond motifs is 1. The SMILES string of the molecule is Cc1c(Br)c2ccccc2n1CC(=O)NCCOCC(=O)O. The van der Waals surface area contributed by atoms with Gasteiger partial charge in [-0.3, -0.25) is 4.79 Å². The summed E-state index contributed by atoms with van der Waals surface area (Å²) in [6.45, 7) is 2.26. The number of aromatic nitrogens is 1. The molecule has 1 heterocycles. The van der Waals surface area contributed by atoms with Crippen LogP contribution in [0.3, 0.4) is 0 Å². The number of carbonyl (C=O) groups excluding carboxylic acids is 1. The van der Waals surface area contributed by atoms with Crippen molar-refractivity contribution >= 4 is 38.7 Å². The normalized spacial score (nSPS) is 10.8. The molecule has 0 radical (unpaired) electrons. The molecule has 2 N–H and O–H groups in total. The molecular formula is C15H17BrN2O4. The highest BCUT2D eigenvalue weighted by Crippen LogP contribution is 2.30. The molecule has 7 heteroatoms. The zero-order chi connectivity index (χ0) is 16.1. The summed E-state index contributed by atoms with van der Waals surface area (Å²) in [5, 5.41) is 12.2. The van der Waals surface area contributed by atoms with E-state index in [9.17, 15) is 9.59 Å². The fraction of sp³-hybridized carbons (Fsp3) is 0.333. The van der Waals surface area contributed by atoms with Crippen molar-refractivity contribution in [2.45, 2.75) is 13.5 Å². The summed E-state index contributed by atoms with van der Waals surface area (Å²) in [7, 11) is 0. The van der Waals surface area contributed by atoms with Crippen molar-refractivity contribution in [3.05, 3.63) is 34.4 Å². The Morgan fingerprint density at radius 3 is 2.82 bits per heavy atom. The minimum Gasteiger partial charge on any atom is -0.480 e. The summed E-state index contributed by atoms with van der Waals surface area (Å²) in [6.07, 6.45) is 0. The first kappa shape index (κ1) is 16.5. The number of hydrogen-bond donors (Lipinski definition) is 2. The molecule has 6 nitrogen and oxygen atoms in total. The number of ether oxygens (including phenoxy) is 1. The summed E-state index contributed by atoms with van der Waals surface area (Å²) < 4.78 is 7.79. The third-order valence-corrected chi connectivity index (χ3v) is 4.25. The second-order valence-corrected chi connectivity index (χ2v) is 5.59. The molecule has 118 valence electrons. The number of carboxylic acids is 1. The molecule has 1 aromatic carbocycles. The van der Waals surface area contributed by atoms with E-state index < -0.39 is 5.97 Å². The van der Waals surface area contributed by atoms with Gasteiger partial charge in [-0.25, -0.2) is 4.79 Å². The van der Waals surface area contributed by atoms with Gasteiger partial charge < -0.3 is 19.7 Å². The Morgan fingerprint density at radius 2 is 2.09 bits per heavy atom. The quantitative estimate of drug-likeness (QED) is 0.731. The lowest BCUT2D eigenvalue weighted by molar-refractivity contribution is -0.142. The van der Waals surface area contributed by atoms with E-state index in [1.807, 2.05) is 35.8 Å². The van der Waals surface area contributed by atoms with Crippen molar-refractivity contribution in [2.24, 2.45) is 0 Å². The van der Waals surface area contributed by atoms with E-state index in [-0.39, 0.29) is 32.2 Å². The molecule has 0 saturated carbocycles. The van der Waals surface area contributed by atoms with Gasteiger partial charge in [-0.2, -0.15) is 0 Å². The molecule has 22 heavy (non-hydrogen) atoms. The number of amides is 1. The van der Waals surface area contributed by atoms with Crippen LogP contribution in [0.25, 0.3) is 10.9 Å². The molecule has 0 fully saturated rings. The average molecular weight is 369 g/mol. The summed E-state index contributed by atoms with van der Waals surface area (Å²) >= 11 is 3.55. The summed E-state index contributed by atoms with van der Waals surface area (Å²) in [5.41, 5.74) is 1.97. The van der Waals surface area contributed by atoms with Crippen LogP contribution >= 0.6 is 15.9 Å². The van der Waals surface area contributed by atoms with Gasteiger partial charge in [0.25, 0.3) is 0 Å². The number of benzene rings is 1. The molecule has 1 aromatic heterocycles. The summed E-state index contributed by atoms with van der Waals surface area (Å²) in [5.74, 6) is -1.17. The molecular weight excluding hydrogens is 352 g/mol. The van der Waals surface area contributed by atoms with E-state index in [1.165, 1.54) is 0 Å². The lowest BCUT2D eigenvalue weighted by atomic mass is 10.2. The fourth-order valence-electron chi connectivity index (χ4n) is 2.21. The van der Waals surface area contributed by atoms with Gasteiger partial charge in [-0.1, -0.05) is 18.2 Å². The van der Waals surface area contributed by atoms with Gasteiger partial charge in [0.15, 0.2) is 0 Å². The van der Waals surface area contributed by atoms with E-state index in [0.717, 1.165) is 21.1 Å². The van der Waals surface area contributed by atoms with Crippen LogP contribution in [0.4, 0.5) is 0 Å². The molecule has 0 aliphatic rings. The molecule has 2 aromatic rings. The Morgan fingerprint density at radius 1 is 1.36 bits per heavy atom. The Balaban J connectivity index is 1.95. The van der Waals surface area contributed by atoms with Crippen molar-refractivity contribution in [3.63, 3.8) is 0 Å². The van der Waals surface area contributed by atoms with Crippen LogP contribution in [-0.2, 0) is 20.9 Å². The fourth-order valence-corrected chi connectivity index (χ4v) is 2.76. The highest BCUT2D eigenvalue weighted by atomic mass is 79.9. The number of nitrogens with one attached hydrogen (secondary N) is 1. The number of halogens is 1. The largest absolute Gasteiger partial charge is 0.480 e. The van der Waals surface area contributed by atoms with E-state index >= 15 is 0 Å². The second-order valence-electron chi connectivity index (χ2n) is 4.80. The Kier molecular flexibility index (Phi) is 5.57. The van der Waals surface area contributed by atoms with E-state index in [0.29, 0.717) is 0 Å². The lowest BCUT2D eigenvalue weighted by Crippen LogP contribution is -2.31. The lowest BCUT2D eigenvalue weighted by Gasteiger charge is -2.09. The first-order valence-electron chi connectivity index (χ1n) is 6.80. The second kappa shape index (κ2) is 7.42. The highest BCUT2D eigenvalue weighted by Gasteiger charge is 2.13. The first-order chi connectivity index (χ1) is 10.5. The number of hydrogen-bond acceptors (Lipinski definition) is 3. The van der Waals surface area contributed by atoms with Crippen LogP contribution in [-0.4, -0.2) is 41.3 Å². The van der Waals surface area contributed by atoms with E-state index in [2.05, 4.69) is 21.2 Å². The molecule has 0 atom stereocenters. The smallest absolute Gasteiger partial charge is 0.329 e. The maximum absolute atomic E-state index is 12.0. The molecule has 2 rings (SSSR count). The molecule has 0 spiro atoms. The van der Waals surface area contributed by atoms with Gasteiger partial charge in [-0.15, -0.1) is 0 Å². The van der Waals surface area contributed by atoms with Gasteiger partial charge in [0.05, 0.1) is 6.61 Å². The van der Waals surface area contributed by atoms with Crippen molar-refractivity contribution in [1.29, 1.82) is 0 Å². The van der Waals surface area contributed by atoms with Crippen LogP contribution in [0.5, 0.6) is 0 Å². The standard InChI is InChI=1S/C15H17BrN2O4/c1-10-15(16)11-4-2-3-5-12(11)18(10)8-13(19)17-6-7-22-9-14(20)21/h2-5H,6-9H2,1H3,(H,17,19)(H,20,21). The zero-order valence-electron chi connectivity index (χ0n) is 12.1. The monoisotopic (exact) mass is 368 g/mol. The molecule has 0 bridgehead atoms. The highest BCUT2D eigenvalue weighted by molar-refractivity contribution is 9.10. The number of aliphatic carboxylic acids is 1. The maximum Gasteiger partial charge on any atom is 0.329 e. The molecule has 0 unspecified atom stereocenters. The van der Waals surface area contributed by atoms with Gasteiger partial charge in [0, 0.05) is 27.6 Å². The van der Waals surface area contributed by atoms with Crippen molar-refractivity contribution in [2.75, 3.05) is 19.8 Å².